The number of amides is 1. The summed E-state index contributed by atoms with van der Waals surface area (Å²) >= 11 is 0.879. The highest BCUT2D eigenvalue weighted by atomic mass is 32.2. The summed E-state index contributed by atoms with van der Waals surface area (Å²) in [7, 11) is -3.92. The average molecular weight is 320 g/mol. The minimum Gasteiger partial charge on any atom is -0.477 e. The van der Waals surface area contributed by atoms with Crippen molar-refractivity contribution in [3.8, 4) is 0 Å². The van der Waals surface area contributed by atoms with Gasteiger partial charge in [0.1, 0.15) is 4.88 Å². The molecule has 1 rings (SSSR count). The highest BCUT2D eigenvalue weighted by Gasteiger charge is 2.30. The van der Waals surface area contributed by atoms with Crippen LogP contribution in [0.5, 0.6) is 0 Å². The molecule has 20 heavy (non-hydrogen) atoms. The van der Waals surface area contributed by atoms with Crippen LogP contribution in [0.25, 0.3) is 0 Å². The highest BCUT2D eigenvalue weighted by Crippen LogP contribution is 2.27. The lowest BCUT2D eigenvalue weighted by Gasteiger charge is -2.24. The number of rotatable bonds is 6. The number of sulfonamides is 1. The second kappa shape index (κ2) is 5.51. The summed E-state index contributed by atoms with van der Waals surface area (Å²) in [5.41, 5.74) is 4.01. The Bertz CT molecular complexity index is 646. The van der Waals surface area contributed by atoms with Gasteiger partial charge in [0.15, 0.2) is 0 Å². The van der Waals surface area contributed by atoms with Crippen LogP contribution in [0.1, 0.15) is 34.8 Å². The van der Waals surface area contributed by atoms with Crippen LogP contribution in [-0.4, -0.2) is 30.9 Å². The zero-order chi connectivity index (χ0) is 15.7. The number of hydrogen-bond donors (Lipinski definition) is 3. The monoisotopic (exact) mass is 320 g/mol. The Kier molecular flexibility index (Phi) is 4.57. The third-order valence-electron chi connectivity index (χ3n) is 2.40. The van der Waals surface area contributed by atoms with E-state index in [1.54, 1.807) is 0 Å². The number of carboxylic acids is 1. The van der Waals surface area contributed by atoms with E-state index in [2.05, 4.69) is 4.72 Å². The Morgan fingerprint density at radius 2 is 2.00 bits per heavy atom. The van der Waals surface area contributed by atoms with Crippen molar-refractivity contribution in [1.82, 2.24) is 4.72 Å². The van der Waals surface area contributed by atoms with Crippen molar-refractivity contribution in [3.63, 3.8) is 0 Å². The van der Waals surface area contributed by atoms with Gasteiger partial charge in [0.25, 0.3) is 0 Å². The number of carbonyl (C=O) groups excluding carboxylic acids is 1. The van der Waals surface area contributed by atoms with Crippen LogP contribution in [0.15, 0.2) is 11.0 Å². The number of aromatic carboxylic acids is 1. The third kappa shape index (κ3) is 4.02. The van der Waals surface area contributed by atoms with E-state index >= 15 is 0 Å². The first-order chi connectivity index (χ1) is 8.94. The molecule has 0 saturated heterocycles. The fourth-order valence-corrected chi connectivity index (χ4v) is 4.57. The molecule has 0 saturated carbocycles. The Balaban J connectivity index is 3.11. The molecule has 1 aromatic rings. The number of carboxylic acid groups (broad SMARTS) is 1. The van der Waals surface area contributed by atoms with E-state index in [1.165, 1.54) is 20.8 Å². The normalized spacial score (nSPS) is 12.3. The van der Waals surface area contributed by atoms with Gasteiger partial charge in [-0.1, -0.05) is 0 Å². The summed E-state index contributed by atoms with van der Waals surface area (Å²) in [5.74, 6) is -1.82. The maximum atomic E-state index is 12.2. The van der Waals surface area contributed by atoms with Gasteiger partial charge in [0.05, 0.1) is 4.90 Å². The molecule has 9 heteroatoms. The maximum Gasteiger partial charge on any atom is 0.345 e. The Labute approximate surface area is 120 Å². The Morgan fingerprint density at radius 3 is 2.40 bits per heavy atom. The van der Waals surface area contributed by atoms with Crippen LogP contribution in [0.3, 0.4) is 0 Å². The summed E-state index contributed by atoms with van der Waals surface area (Å²) < 4.78 is 26.8. The van der Waals surface area contributed by atoms with Crippen LogP contribution in [0, 0.1) is 6.92 Å². The predicted molar refractivity (Wildman–Crippen MR) is 74.2 cm³/mol. The minimum absolute atomic E-state index is 0.0596. The molecule has 0 fully saturated rings. The van der Waals surface area contributed by atoms with Crippen LogP contribution in [0.2, 0.25) is 0 Å². The van der Waals surface area contributed by atoms with Gasteiger partial charge in [0.2, 0.25) is 15.9 Å². The summed E-state index contributed by atoms with van der Waals surface area (Å²) in [6.45, 7) is 4.57. The molecule has 0 aliphatic rings. The van der Waals surface area contributed by atoms with Gasteiger partial charge in [-0.15, -0.1) is 11.3 Å². The summed E-state index contributed by atoms with van der Waals surface area (Å²) in [6, 6.07) is 1.10. The minimum atomic E-state index is -3.92. The van der Waals surface area contributed by atoms with Gasteiger partial charge in [-0.25, -0.2) is 17.9 Å². The lowest BCUT2D eigenvalue weighted by molar-refractivity contribution is -0.119. The average Bonchev–Trinajstić information content (AvgIpc) is 2.56. The molecule has 0 aliphatic carbocycles. The van der Waals surface area contributed by atoms with E-state index in [0.717, 1.165) is 17.4 Å². The lowest BCUT2D eigenvalue weighted by atomic mass is 10.0. The summed E-state index contributed by atoms with van der Waals surface area (Å²) in [5, 5.41) is 8.87. The Morgan fingerprint density at radius 1 is 1.45 bits per heavy atom. The third-order valence-corrected chi connectivity index (χ3v) is 5.39. The summed E-state index contributed by atoms with van der Waals surface area (Å²) in [4.78, 5) is 22.0. The van der Waals surface area contributed by atoms with Crippen molar-refractivity contribution in [2.75, 3.05) is 0 Å². The first kappa shape index (κ1) is 16.6. The number of aryl methyl sites for hydroxylation is 1. The van der Waals surface area contributed by atoms with Crippen molar-refractivity contribution in [1.29, 1.82) is 0 Å². The first-order valence-electron chi connectivity index (χ1n) is 5.60. The van der Waals surface area contributed by atoms with Crippen LogP contribution in [-0.2, 0) is 14.8 Å². The van der Waals surface area contributed by atoms with Crippen molar-refractivity contribution in [2.24, 2.45) is 5.73 Å². The quantitative estimate of drug-likeness (QED) is 0.710. The number of nitrogens with one attached hydrogen (secondary N) is 1. The topological polar surface area (TPSA) is 127 Å². The molecular weight excluding hydrogens is 304 g/mol. The molecule has 7 nitrogen and oxygen atoms in total. The standard InChI is InChI=1S/C11H16N2O5S2/c1-6-8(4-7(19-6)10(15)16)20(17,18)13-11(2,3)5-9(12)14/h4,13H,5H2,1-3H3,(H2,12,14)(H,15,16). The van der Waals surface area contributed by atoms with E-state index in [9.17, 15) is 18.0 Å². The summed E-state index contributed by atoms with van der Waals surface area (Å²) in [6.07, 6.45) is -0.165. The SMILES string of the molecule is Cc1sc(C(=O)O)cc1S(=O)(=O)NC(C)(C)CC(N)=O. The van der Waals surface area contributed by atoms with Gasteiger partial charge in [-0.2, -0.15) is 0 Å². The second-order valence-corrected chi connectivity index (χ2v) is 7.88. The van der Waals surface area contributed by atoms with Gasteiger partial charge >= 0.3 is 5.97 Å². The van der Waals surface area contributed by atoms with Crippen molar-refractivity contribution < 1.29 is 23.1 Å². The fourth-order valence-electron chi connectivity index (χ4n) is 1.73. The first-order valence-corrected chi connectivity index (χ1v) is 7.90. The zero-order valence-corrected chi connectivity index (χ0v) is 12.9. The zero-order valence-electron chi connectivity index (χ0n) is 11.3. The largest absolute Gasteiger partial charge is 0.477 e. The van der Waals surface area contributed by atoms with Crippen LogP contribution < -0.4 is 10.5 Å². The van der Waals surface area contributed by atoms with E-state index in [1.807, 2.05) is 0 Å². The molecule has 1 amide bonds. The smallest absolute Gasteiger partial charge is 0.345 e. The molecule has 1 aromatic heterocycles. The van der Waals surface area contributed by atoms with E-state index in [0.29, 0.717) is 4.88 Å². The van der Waals surface area contributed by atoms with Gasteiger partial charge < -0.3 is 10.8 Å². The maximum absolute atomic E-state index is 12.2. The molecule has 0 spiro atoms. The molecule has 0 radical (unpaired) electrons. The van der Waals surface area contributed by atoms with Gasteiger partial charge in [0, 0.05) is 16.8 Å². The number of thiophene rings is 1. The molecule has 0 aromatic carbocycles. The lowest BCUT2D eigenvalue weighted by Crippen LogP contribution is -2.45. The molecule has 0 unspecified atom stereocenters. The molecule has 1 heterocycles. The Hall–Kier alpha value is -1.45. The van der Waals surface area contributed by atoms with Gasteiger partial charge in [-0.3, -0.25) is 4.79 Å². The van der Waals surface area contributed by atoms with E-state index in [-0.39, 0.29) is 16.2 Å². The molecule has 0 atom stereocenters. The molecule has 0 aliphatic heterocycles. The number of nitrogens with two attached hydrogens (primary N) is 1. The molecule has 0 bridgehead atoms. The number of carbonyl (C=O) groups is 2. The molecule has 112 valence electrons. The van der Waals surface area contributed by atoms with Crippen LogP contribution >= 0.6 is 11.3 Å². The molecular formula is C11H16N2O5S2. The van der Waals surface area contributed by atoms with E-state index in [4.69, 9.17) is 10.8 Å². The van der Waals surface area contributed by atoms with Crippen LogP contribution in [0.4, 0.5) is 0 Å². The fraction of sp³-hybridized carbons (Fsp3) is 0.455. The van der Waals surface area contributed by atoms with E-state index < -0.39 is 27.4 Å². The van der Waals surface area contributed by atoms with Gasteiger partial charge in [-0.05, 0) is 26.8 Å². The van der Waals surface area contributed by atoms with Crippen molar-refractivity contribution >= 4 is 33.2 Å². The van der Waals surface area contributed by atoms with Crippen molar-refractivity contribution in [3.05, 3.63) is 15.8 Å². The highest BCUT2D eigenvalue weighted by molar-refractivity contribution is 7.89. The predicted octanol–water partition coefficient (Wildman–Crippen LogP) is 0.687. The molecule has 4 N–H and O–H groups in total. The number of primary amides is 1. The second-order valence-electron chi connectivity index (χ2n) is 4.97. The number of hydrogen-bond acceptors (Lipinski definition) is 5. The van der Waals surface area contributed by atoms with Crippen molar-refractivity contribution in [2.45, 2.75) is 37.6 Å².